The second-order valence-corrected chi connectivity index (χ2v) is 4.94. The van der Waals surface area contributed by atoms with E-state index in [1.165, 1.54) is 0 Å². The number of hydrogen-bond acceptors (Lipinski definition) is 4. The molecule has 3 N–H and O–H groups in total. The van der Waals surface area contributed by atoms with Crippen molar-refractivity contribution in [1.82, 2.24) is 15.2 Å². The van der Waals surface area contributed by atoms with Crippen LogP contribution in [0.1, 0.15) is 39.0 Å². The first kappa shape index (κ1) is 17.9. The van der Waals surface area contributed by atoms with Gasteiger partial charge >= 0.3 is 0 Å². The molecule has 2 amide bonds. The molecule has 0 fully saturated rings. The highest BCUT2D eigenvalue weighted by molar-refractivity contribution is 5.77. The number of nitrogens with one attached hydrogen (secondary N) is 1. The van der Waals surface area contributed by atoms with Gasteiger partial charge < -0.3 is 4.90 Å². The molecule has 0 saturated heterocycles. The molecular weight excluding hydrogens is 244 g/mol. The summed E-state index contributed by atoms with van der Waals surface area (Å²) in [6, 6.07) is 0. The van der Waals surface area contributed by atoms with E-state index < -0.39 is 0 Å². The van der Waals surface area contributed by atoms with Gasteiger partial charge in [-0.1, -0.05) is 13.3 Å². The Morgan fingerprint density at radius 2 is 1.79 bits per heavy atom. The molecule has 0 aromatic heterocycles. The second-order valence-electron chi connectivity index (χ2n) is 4.94. The van der Waals surface area contributed by atoms with Gasteiger partial charge in [0.15, 0.2) is 0 Å². The molecule has 0 aromatic carbocycles. The van der Waals surface area contributed by atoms with E-state index in [1.54, 1.807) is 19.0 Å². The van der Waals surface area contributed by atoms with Crippen LogP contribution in [0.15, 0.2) is 0 Å². The Morgan fingerprint density at radius 1 is 1.11 bits per heavy atom. The number of unbranched alkanes of at least 4 members (excludes halogenated alkanes) is 2. The van der Waals surface area contributed by atoms with Crippen molar-refractivity contribution in [2.75, 3.05) is 33.7 Å². The highest BCUT2D eigenvalue weighted by Crippen LogP contribution is 2.03. The van der Waals surface area contributed by atoms with E-state index in [0.29, 0.717) is 13.0 Å². The number of rotatable bonds is 10. The van der Waals surface area contributed by atoms with Crippen LogP contribution in [0, 0.1) is 0 Å². The lowest BCUT2D eigenvalue weighted by Crippen LogP contribution is -2.37. The Hall–Kier alpha value is -1.14. The molecule has 0 aliphatic heterocycles. The number of likely N-dealkylation sites (N-methyl/N-ethyl adjacent to an activating group) is 1. The number of nitrogens with zero attached hydrogens (tertiary/aromatic N) is 2. The Kier molecular flexibility index (Phi) is 10.1. The number of amides is 2. The summed E-state index contributed by atoms with van der Waals surface area (Å²) in [6.07, 6.45) is 4.32. The van der Waals surface area contributed by atoms with Gasteiger partial charge in [-0.15, -0.1) is 0 Å². The van der Waals surface area contributed by atoms with Crippen molar-refractivity contribution in [3.8, 4) is 0 Å². The third kappa shape index (κ3) is 9.44. The lowest BCUT2D eigenvalue weighted by Gasteiger charge is -2.22. The first-order valence-corrected chi connectivity index (χ1v) is 6.93. The molecule has 0 aliphatic rings. The van der Waals surface area contributed by atoms with E-state index in [9.17, 15) is 9.59 Å². The predicted molar refractivity (Wildman–Crippen MR) is 76.2 cm³/mol. The molecule has 0 aliphatic carbocycles. The van der Waals surface area contributed by atoms with Crippen molar-refractivity contribution in [3.05, 3.63) is 0 Å². The third-order valence-electron chi connectivity index (χ3n) is 2.94. The molecule has 0 rings (SSSR count). The normalized spacial score (nSPS) is 10.6. The quantitative estimate of drug-likeness (QED) is 0.260. The topological polar surface area (TPSA) is 78.7 Å². The summed E-state index contributed by atoms with van der Waals surface area (Å²) in [5.74, 6) is 5.03. The molecule has 0 saturated carbocycles. The first-order valence-electron chi connectivity index (χ1n) is 6.93. The number of carbonyl (C=O) groups is 2. The molecule has 0 unspecified atom stereocenters. The van der Waals surface area contributed by atoms with Crippen LogP contribution in [0.4, 0.5) is 0 Å². The molecule has 0 radical (unpaired) electrons. The lowest BCUT2D eigenvalue weighted by molar-refractivity contribution is -0.129. The summed E-state index contributed by atoms with van der Waals surface area (Å²) in [6.45, 7) is 4.42. The summed E-state index contributed by atoms with van der Waals surface area (Å²) < 4.78 is 0. The fourth-order valence-corrected chi connectivity index (χ4v) is 1.79. The molecule has 6 heteroatoms. The maximum atomic E-state index is 11.7. The fraction of sp³-hybridized carbons (Fsp3) is 0.846. The van der Waals surface area contributed by atoms with Crippen LogP contribution >= 0.6 is 0 Å². The van der Waals surface area contributed by atoms with Gasteiger partial charge in [-0.2, -0.15) is 0 Å². The van der Waals surface area contributed by atoms with Crippen molar-refractivity contribution in [2.24, 2.45) is 5.84 Å². The zero-order valence-corrected chi connectivity index (χ0v) is 12.4. The molecule has 0 heterocycles. The monoisotopic (exact) mass is 272 g/mol. The maximum Gasteiger partial charge on any atom is 0.236 e. The van der Waals surface area contributed by atoms with Crippen molar-refractivity contribution in [3.63, 3.8) is 0 Å². The fourth-order valence-electron chi connectivity index (χ4n) is 1.79. The summed E-state index contributed by atoms with van der Waals surface area (Å²) in [5.41, 5.74) is 2.12. The number of carbonyl (C=O) groups excluding carboxylic acids is 2. The molecule has 0 aromatic rings. The van der Waals surface area contributed by atoms with Crippen molar-refractivity contribution < 1.29 is 9.59 Å². The van der Waals surface area contributed by atoms with Crippen LogP contribution in [0.3, 0.4) is 0 Å². The Labute approximate surface area is 116 Å². The average Bonchev–Trinajstić information content (AvgIpc) is 2.37. The summed E-state index contributed by atoms with van der Waals surface area (Å²) in [5, 5.41) is 0. The third-order valence-corrected chi connectivity index (χ3v) is 2.94. The van der Waals surface area contributed by atoms with Crippen molar-refractivity contribution in [1.29, 1.82) is 0 Å². The summed E-state index contributed by atoms with van der Waals surface area (Å²) in [4.78, 5) is 26.4. The van der Waals surface area contributed by atoms with Gasteiger partial charge in [0, 0.05) is 20.5 Å². The van der Waals surface area contributed by atoms with Crippen LogP contribution in [0.5, 0.6) is 0 Å². The highest BCUT2D eigenvalue weighted by Gasteiger charge is 2.11. The van der Waals surface area contributed by atoms with Crippen LogP contribution in [0.2, 0.25) is 0 Å². The van der Waals surface area contributed by atoms with Gasteiger partial charge in [-0.25, -0.2) is 5.84 Å². The second kappa shape index (κ2) is 10.8. The molecule has 0 spiro atoms. The van der Waals surface area contributed by atoms with E-state index in [1.807, 2.05) is 0 Å². The number of nitrogens with two attached hydrogens (primary N) is 1. The van der Waals surface area contributed by atoms with E-state index in [-0.39, 0.29) is 11.8 Å². The molecule has 0 atom stereocenters. The van der Waals surface area contributed by atoms with E-state index >= 15 is 0 Å². The van der Waals surface area contributed by atoms with Gasteiger partial charge in [-0.05, 0) is 32.4 Å². The van der Waals surface area contributed by atoms with Gasteiger partial charge in [0.1, 0.15) is 0 Å². The minimum atomic E-state index is -0.117. The number of hydrogen-bond donors (Lipinski definition) is 2. The highest BCUT2D eigenvalue weighted by atomic mass is 16.2. The van der Waals surface area contributed by atoms with Crippen LogP contribution in [-0.4, -0.2) is 55.3 Å². The van der Waals surface area contributed by atoms with Crippen LogP contribution < -0.4 is 11.3 Å². The minimum Gasteiger partial charge on any atom is -0.348 e. The van der Waals surface area contributed by atoms with E-state index in [0.717, 1.165) is 38.8 Å². The van der Waals surface area contributed by atoms with Crippen LogP contribution in [-0.2, 0) is 9.59 Å². The zero-order valence-electron chi connectivity index (χ0n) is 12.4. The summed E-state index contributed by atoms with van der Waals surface area (Å²) in [7, 11) is 3.55. The van der Waals surface area contributed by atoms with Gasteiger partial charge in [0.05, 0.1) is 6.54 Å². The molecule has 6 nitrogen and oxygen atoms in total. The van der Waals surface area contributed by atoms with E-state index in [2.05, 4.69) is 17.2 Å². The van der Waals surface area contributed by atoms with Gasteiger partial charge in [0.25, 0.3) is 0 Å². The molecule has 19 heavy (non-hydrogen) atoms. The van der Waals surface area contributed by atoms with Gasteiger partial charge in [-0.3, -0.25) is 19.9 Å². The largest absolute Gasteiger partial charge is 0.348 e. The minimum absolute atomic E-state index is 0.117. The maximum absolute atomic E-state index is 11.7. The Balaban J connectivity index is 3.82. The molecule has 112 valence electrons. The number of hydrazine groups is 1. The van der Waals surface area contributed by atoms with Gasteiger partial charge in [0.2, 0.25) is 11.8 Å². The standard InChI is InChI=1S/C13H28N4O2/c1-4-9-17(11-13(19)16(2)3)10-7-5-6-8-12(18)15-14/h4-11,14H2,1-3H3,(H,15,18). The Bertz CT molecular complexity index is 269. The lowest BCUT2D eigenvalue weighted by atomic mass is 10.2. The molecule has 0 bridgehead atoms. The predicted octanol–water partition coefficient (Wildman–Crippen LogP) is 0.337. The SMILES string of the molecule is CCCN(CCCCCC(=O)NN)CC(=O)N(C)C. The smallest absolute Gasteiger partial charge is 0.236 e. The van der Waals surface area contributed by atoms with E-state index in [4.69, 9.17) is 5.84 Å². The zero-order chi connectivity index (χ0) is 14.7. The molecular formula is C13H28N4O2. The first-order chi connectivity index (χ1) is 9.01. The Morgan fingerprint density at radius 3 is 2.32 bits per heavy atom. The van der Waals surface area contributed by atoms with Crippen molar-refractivity contribution >= 4 is 11.8 Å². The van der Waals surface area contributed by atoms with Crippen LogP contribution in [0.25, 0.3) is 0 Å². The summed E-state index contributed by atoms with van der Waals surface area (Å²) >= 11 is 0. The average molecular weight is 272 g/mol. The van der Waals surface area contributed by atoms with Crippen molar-refractivity contribution in [2.45, 2.75) is 39.0 Å².